The van der Waals surface area contributed by atoms with Gasteiger partial charge < -0.3 is 10.6 Å². The lowest BCUT2D eigenvalue weighted by atomic mass is 10.1. The van der Waals surface area contributed by atoms with Crippen molar-refractivity contribution in [3.63, 3.8) is 0 Å². The minimum Gasteiger partial charge on any atom is -0.326 e. The predicted octanol–water partition coefficient (Wildman–Crippen LogP) is 2.31. The molecule has 1 aliphatic heterocycles. The van der Waals surface area contributed by atoms with E-state index in [0.29, 0.717) is 23.2 Å². The highest BCUT2D eigenvalue weighted by Gasteiger charge is 2.18. The van der Waals surface area contributed by atoms with Crippen LogP contribution in [0.15, 0.2) is 42.5 Å². The highest BCUT2D eigenvalue weighted by atomic mass is 16.2. The molecule has 21 heavy (non-hydrogen) atoms. The Labute approximate surface area is 121 Å². The minimum absolute atomic E-state index is 0.0411. The van der Waals surface area contributed by atoms with Gasteiger partial charge in [0.2, 0.25) is 5.91 Å². The summed E-state index contributed by atoms with van der Waals surface area (Å²) in [5.74, 6) is -0.294. The number of benzene rings is 2. The third-order valence-corrected chi connectivity index (χ3v) is 3.26. The minimum atomic E-state index is -0.253. The van der Waals surface area contributed by atoms with Crippen molar-refractivity contribution >= 4 is 23.2 Å². The SMILES string of the molecule is N#Cc1ccc(C(=O)Nc2ccc3c(c2)CC(=O)N3)cc1. The number of hydrogen-bond acceptors (Lipinski definition) is 3. The molecule has 0 saturated heterocycles. The number of rotatable bonds is 2. The molecule has 2 amide bonds. The third-order valence-electron chi connectivity index (χ3n) is 3.26. The van der Waals surface area contributed by atoms with E-state index in [-0.39, 0.29) is 11.8 Å². The maximum Gasteiger partial charge on any atom is 0.255 e. The summed E-state index contributed by atoms with van der Waals surface area (Å²) in [7, 11) is 0. The van der Waals surface area contributed by atoms with Crippen LogP contribution < -0.4 is 10.6 Å². The van der Waals surface area contributed by atoms with Crippen LogP contribution in [0.1, 0.15) is 21.5 Å². The Morgan fingerprint density at radius 1 is 1.19 bits per heavy atom. The molecule has 0 saturated carbocycles. The molecule has 5 nitrogen and oxygen atoms in total. The van der Waals surface area contributed by atoms with E-state index in [2.05, 4.69) is 10.6 Å². The molecule has 0 unspecified atom stereocenters. The van der Waals surface area contributed by atoms with Gasteiger partial charge in [-0.1, -0.05) is 0 Å². The highest BCUT2D eigenvalue weighted by Crippen LogP contribution is 2.26. The van der Waals surface area contributed by atoms with Gasteiger partial charge in [-0.3, -0.25) is 9.59 Å². The molecule has 0 spiro atoms. The van der Waals surface area contributed by atoms with Gasteiger partial charge >= 0.3 is 0 Å². The number of hydrogen-bond donors (Lipinski definition) is 2. The van der Waals surface area contributed by atoms with E-state index in [1.165, 1.54) is 0 Å². The molecule has 0 atom stereocenters. The Kier molecular flexibility index (Phi) is 3.13. The topological polar surface area (TPSA) is 82.0 Å². The second-order valence-electron chi connectivity index (χ2n) is 4.74. The Balaban J connectivity index is 1.77. The smallest absolute Gasteiger partial charge is 0.255 e. The van der Waals surface area contributed by atoms with Crippen LogP contribution in [0.25, 0.3) is 0 Å². The van der Waals surface area contributed by atoms with Gasteiger partial charge in [-0.05, 0) is 48.0 Å². The average Bonchev–Trinajstić information content (AvgIpc) is 2.86. The number of nitrogens with zero attached hydrogens (tertiary/aromatic N) is 1. The second-order valence-corrected chi connectivity index (χ2v) is 4.74. The summed E-state index contributed by atoms with van der Waals surface area (Å²) in [4.78, 5) is 23.4. The molecule has 5 heteroatoms. The molecular formula is C16H11N3O2. The van der Waals surface area contributed by atoms with Crippen molar-refractivity contribution in [2.75, 3.05) is 10.6 Å². The van der Waals surface area contributed by atoms with Crippen LogP contribution in [-0.2, 0) is 11.2 Å². The zero-order valence-electron chi connectivity index (χ0n) is 11.0. The molecule has 0 bridgehead atoms. The van der Waals surface area contributed by atoms with Crippen molar-refractivity contribution in [1.29, 1.82) is 5.26 Å². The maximum absolute atomic E-state index is 12.1. The van der Waals surface area contributed by atoms with Gasteiger partial charge in [0.05, 0.1) is 18.1 Å². The van der Waals surface area contributed by atoms with E-state index in [1.54, 1.807) is 42.5 Å². The monoisotopic (exact) mass is 277 g/mol. The number of amides is 2. The lowest BCUT2D eigenvalue weighted by Gasteiger charge is -2.07. The Morgan fingerprint density at radius 3 is 2.67 bits per heavy atom. The number of carbonyl (C=O) groups is 2. The van der Waals surface area contributed by atoms with Crippen LogP contribution in [0.2, 0.25) is 0 Å². The van der Waals surface area contributed by atoms with Crippen molar-refractivity contribution in [3.8, 4) is 6.07 Å². The zero-order chi connectivity index (χ0) is 14.8. The van der Waals surface area contributed by atoms with Crippen molar-refractivity contribution < 1.29 is 9.59 Å². The van der Waals surface area contributed by atoms with E-state index in [1.807, 2.05) is 6.07 Å². The first kappa shape index (κ1) is 12.9. The van der Waals surface area contributed by atoms with Crippen molar-refractivity contribution in [3.05, 3.63) is 59.2 Å². The third kappa shape index (κ3) is 2.60. The number of anilines is 2. The van der Waals surface area contributed by atoms with Crippen molar-refractivity contribution in [2.24, 2.45) is 0 Å². The van der Waals surface area contributed by atoms with E-state index in [4.69, 9.17) is 5.26 Å². The van der Waals surface area contributed by atoms with Gasteiger partial charge in [0.25, 0.3) is 5.91 Å². The van der Waals surface area contributed by atoms with Gasteiger partial charge in [0, 0.05) is 16.9 Å². The van der Waals surface area contributed by atoms with Crippen LogP contribution in [0.5, 0.6) is 0 Å². The molecular weight excluding hydrogens is 266 g/mol. The molecule has 0 radical (unpaired) electrons. The summed E-state index contributed by atoms with van der Waals surface area (Å²) in [6.07, 6.45) is 0.329. The highest BCUT2D eigenvalue weighted by molar-refractivity contribution is 6.05. The lowest BCUT2D eigenvalue weighted by molar-refractivity contribution is -0.115. The Hall–Kier alpha value is -3.13. The average molecular weight is 277 g/mol. The summed E-state index contributed by atoms with van der Waals surface area (Å²) in [6.45, 7) is 0. The fourth-order valence-electron chi connectivity index (χ4n) is 2.21. The number of carbonyl (C=O) groups excluding carboxylic acids is 2. The van der Waals surface area contributed by atoms with Crippen LogP contribution >= 0.6 is 0 Å². The number of nitriles is 1. The van der Waals surface area contributed by atoms with E-state index >= 15 is 0 Å². The first-order valence-electron chi connectivity index (χ1n) is 6.40. The first-order valence-corrected chi connectivity index (χ1v) is 6.40. The predicted molar refractivity (Wildman–Crippen MR) is 77.9 cm³/mol. The molecule has 2 aromatic rings. The van der Waals surface area contributed by atoms with Gasteiger partial charge in [-0.2, -0.15) is 5.26 Å². The maximum atomic E-state index is 12.1. The van der Waals surface area contributed by atoms with E-state index in [9.17, 15) is 9.59 Å². The Bertz CT molecular complexity index is 773. The standard InChI is InChI=1S/C16H11N3O2/c17-9-10-1-3-11(4-2-10)16(21)18-13-5-6-14-12(7-13)8-15(20)19-14/h1-7H,8H2,(H,18,21)(H,19,20). The van der Waals surface area contributed by atoms with Crippen LogP contribution in [0.3, 0.4) is 0 Å². The van der Waals surface area contributed by atoms with Crippen LogP contribution in [0, 0.1) is 11.3 Å². The summed E-state index contributed by atoms with van der Waals surface area (Å²) in [6, 6.07) is 13.7. The number of fused-ring (bicyclic) bond motifs is 1. The normalized spacial score (nSPS) is 12.2. The van der Waals surface area contributed by atoms with Gasteiger partial charge in [0.1, 0.15) is 0 Å². The molecule has 0 aromatic heterocycles. The summed E-state index contributed by atoms with van der Waals surface area (Å²) >= 11 is 0. The summed E-state index contributed by atoms with van der Waals surface area (Å²) in [5.41, 5.74) is 3.28. The molecule has 1 heterocycles. The van der Waals surface area contributed by atoms with E-state index < -0.39 is 0 Å². The van der Waals surface area contributed by atoms with Crippen LogP contribution in [0.4, 0.5) is 11.4 Å². The fourth-order valence-corrected chi connectivity index (χ4v) is 2.21. The molecule has 2 N–H and O–H groups in total. The van der Waals surface area contributed by atoms with Gasteiger partial charge in [0.15, 0.2) is 0 Å². The first-order chi connectivity index (χ1) is 10.2. The van der Waals surface area contributed by atoms with Gasteiger partial charge in [-0.15, -0.1) is 0 Å². The molecule has 3 rings (SSSR count). The Morgan fingerprint density at radius 2 is 1.95 bits per heavy atom. The lowest BCUT2D eigenvalue weighted by Crippen LogP contribution is -2.11. The zero-order valence-corrected chi connectivity index (χ0v) is 11.0. The molecule has 102 valence electrons. The van der Waals surface area contributed by atoms with Crippen LogP contribution in [-0.4, -0.2) is 11.8 Å². The number of nitrogens with one attached hydrogen (secondary N) is 2. The second kappa shape index (κ2) is 5.10. The molecule has 2 aromatic carbocycles. The molecule has 1 aliphatic rings. The molecule has 0 aliphatic carbocycles. The fraction of sp³-hybridized carbons (Fsp3) is 0.0625. The summed E-state index contributed by atoms with van der Waals surface area (Å²) < 4.78 is 0. The van der Waals surface area contributed by atoms with Crippen molar-refractivity contribution in [2.45, 2.75) is 6.42 Å². The summed E-state index contributed by atoms with van der Waals surface area (Å²) in [5, 5.41) is 14.2. The quantitative estimate of drug-likeness (QED) is 0.883. The van der Waals surface area contributed by atoms with Crippen molar-refractivity contribution in [1.82, 2.24) is 0 Å². The largest absolute Gasteiger partial charge is 0.326 e. The van der Waals surface area contributed by atoms with E-state index in [0.717, 1.165) is 11.3 Å². The van der Waals surface area contributed by atoms with Gasteiger partial charge in [-0.25, -0.2) is 0 Å². The molecule has 0 fully saturated rings.